The van der Waals surface area contributed by atoms with Crippen LogP contribution in [0.2, 0.25) is 0 Å². The van der Waals surface area contributed by atoms with Gasteiger partial charge in [-0.1, -0.05) is 179 Å². The van der Waals surface area contributed by atoms with E-state index in [0.29, 0.717) is 5.92 Å². The van der Waals surface area contributed by atoms with Gasteiger partial charge in [-0.2, -0.15) is 0 Å². The number of carbonyl (C=O) groups excluding carboxylic acids is 5. The van der Waals surface area contributed by atoms with Crippen LogP contribution in [0.3, 0.4) is 0 Å². The van der Waals surface area contributed by atoms with Crippen LogP contribution < -0.4 is 27.4 Å². The Morgan fingerprint density at radius 2 is 0.658 bits per heavy atom. The average molecular weight is 1570 g/mol. The standard InChI is InChI=1S/2C21H23N3O2.C20H21N3O2.C17H15N3O2.C13H15N3O2/c1-15(2)12-20-22-18-13-16(9-11-21(25)23-26)8-10-19(18)24(20)14-17-6-4-3-5-7-17;1-2-14-24-19-11-8-17(10-13-21(25)23-26)15-18(19)22-20(24)12-9-16-6-4-3-5-7-16;1-2-23-18-11-8-16(10-13-20(24)22-25)14-17(18)21-19(23)12-9-15-6-4-3-5-7-15;21-17(19-22)9-7-13-6-8-16-15(10-13)18-12-20(16)11-14-4-2-1-3-5-14;1-2-7-16-9-14-11-8-10(3-5-12(11)16)4-6-13(17)15-18/h3-11,13,15,26H,12,14H2,1-2H3,(H,23,25);3-8,10-11,13,15,26H,2,9,12,14H2,1H3,(H,23,25);3-8,10-11,13-14,25H,2,9,12H2,1H3,(H,22,24);1-10,12,22H,11H2,(H,19,21);3-6,8-9,18H,2,7H2,1H3,(H,15,17)/b11-9+;2*13-10+;9-7+;6-4+. The summed E-state index contributed by atoms with van der Waals surface area (Å²) in [6.07, 6.45) is 24.9. The first-order valence-corrected chi connectivity index (χ1v) is 38.6. The number of imidazole rings is 5. The third-order valence-corrected chi connectivity index (χ3v) is 18.7. The number of hydrogen-bond donors (Lipinski definition) is 10. The van der Waals surface area contributed by atoms with Gasteiger partial charge in [-0.25, -0.2) is 52.3 Å². The molecule has 0 unspecified atom stereocenters. The number of fused-ring (bicyclic) bond motifs is 5. The summed E-state index contributed by atoms with van der Waals surface area (Å²) in [7, 11) is 0. The van der Waals surface area contributed by atoms with E-state index < -0.39 is 29.5 Å². The molecule has 0 aliphatic rings. The van der Waals surface area contributed by atoms with Gasteiger partial charge in [0.15, 0.2) is 0 Å². The van der Waals surface area contributed by atoms with Crippen molar-refractivity contribution in [3.05, 3.63) is 323 Å². The van der Waals surface area contributed by atoms with E-state index in [1.165, 1.54) is 52.6 Å². The van der Waals surface area contributed by atoms with Crippen LogP contribution in [0.5, 0.6) is 0 Å². The second-order valence-electron chi connectivity index (χ2n) is 27.7. The number of carbonyl (C=O) groups is 5. The molecule has 0 bridgehead atoms. The van der Waals surface area contributed by atoms with Gasteiger partial charge in [0.2, 0.25) is 0 Å². The fourth-order valence-corrected chi connectivity index (χ4v) is 13.1. The summed E-state index contributed by atoms with van der Waals surface area (Å²) in [6.45, 7) is 15.1. The summed E-state index contributed by atoms with van der Waals surface area (Å²) in [6, 6.07) is 70.8. The maximum absolute atomic E-state index is 11.2. The van der Waals surface area contributed by atoms with E-state index in [2.05, 4.69) is 140 Å². The van der Waals surface area contributed by atoms with Crippen LogP contribution >= 0.6 is 0 Å². The zero-order chi connectivity index (χ0) is 82.8. The molecule has 14 aromatic rings. The van der Waals surface area contributed by atoms with E-state index in [-0.39, 0.29) is 0 Å². The lowest BCUT2D eigenvalue weighted by atomic mass is 10.1. The van der Waals surface area contributed by atoms with E-state index in [1.54, 1.807) is 57.8 Å². The van der Waals surface area contributed by atoms with Gasteiger partial charge >= 0.3 is 0 Å². The molecule has 0 saturated carbocycles. The Labute approximate surface area is 677 Å². The molecule has 600 valence electrons. The first-order chi connectivity index (χ1) is 57.0. The molecule has 0 radical (unpaired) electrons. The Hall–Kier alpha value is -13.8. The predicted octanol–water partition coefficient (Wildman–Crippen LogP) is 15.5. The largest absolute Gasteiger partial charge is 0.331 e. The number of hydroxylamine groups is 5. The average Bonchev–Trinajstić information content (AvgIpc) is 1.71. The second-order valence-corrected chi connectivity index (χ2v) is 27.7. The molecule has 5 amide bonds. The summed E-state index contributed by atoms with van der Waals surface area (Å²) in [5, 5.41) is 42.5. The number of nitrogens with zero attached hydrogens (tertiary/aromatic N) is 10. The summed E-state index contributed by atoms with van der Waals surface area (Å²) in [5.74, 6) is 0.951. The molecule has 10 N–H and O–H groups in total. The van der Waals surface area contributed by atoms with Crippen LogP contribution in [-0.2, 0) is 88.8 Å². The Kier molecular flexibility index (Phi) is 32.2. The summed E-state index contributed by atoms with van der Waals surface area (Å²) in [4.78, 5) is 78.5. The first-order valence-electron chi connectivity index (χ1n) is 38.6. The molecule has 0 spiro atoms. The van der Waals surface area contributed by atoms with Crippen LogP contribution in [0.15, 0.2) is 255 Å². The van der Waals surface area contributed by atoms with Gasteiger partial charge in [-0.15, -0.1) is 0 Å². The number of amides is 5. The van der Waals surface area contributed by atoms with E-state index in [4.69, 9.17) is 41.0 Å². The molecule has 5 heterocycles. The Morgan fingerprint density at radius 3 is 1.03 bits per heavy atom. The molecular weight excluding hydrogens is 1480 g/mol. The molecule has 0 fully saturated rings. The molecule has 5 aromatic heterocycles. The minimum Gasteiger partial charge on any atom is -0.331 e. The Bertz CT molecular complexity index is 5780. The maximum Gasteiger partial charge on any atom is 0.267 e. The lowest BCUT2D eigenvalue weighted by molar-refractivity contribution is -0.124. The molecule has 9 aromatic carbocycles. The van der Waals surface area contributed by atoms with Crippen molar-refractivity contribution in [3.8, 4) is 0 Å². The first kappa shape index (κ1) is 85.6. The van der Waals surface area contributed by atoms with E-state index in [9.17, 15) is 24.0 Å². The third-order valence-electron chi connectivity index (χ3n) is 18.7. The number of nitrogens with one attached hydrogen (secondary N) is 5. The highest BCUT2D eigenvalue weighted by Crippen LogP contribution is 2.26. The molecule has 25 nitrogen and oxygen atoms in total. The van der Waals surface area contributed by atoms with E-state index in [0.717, 1.165) is 178 Å². The summed E-state index contributed by atoms with van der Waals surface area (Å²) >= 11 is 0. The van der Waals surface area contributed by atoms with Crippen LogP contribution in [0, 0.1) is 5.92 Å². The number of aromatic nitrogens is 10. The highest BCUT2D eigenvalue weighted by Gasteiger charge is 2.16. The van der Waals surface area contributed by atoms with Crippen molar-refractivity contribution in [3.63, 3.8) is 0 Å². The Balaban J connectivity index is 0.000000155. The third kappa shape index (κ3) is 25.1. The fourth-order valence-electron chi connectivity index (χ4n) is 13.1. The predicted molar refractivity (Wildman–Crippen MR) is 457 cm³/mol. The van der Waals surface area contributed by atoms with E-state index in [1.807, 2.05) is 152 Å². The quantitative estimate of drug-likeness (QED) is 0.0130. The summed E-state index contributed by atoms with van der Waals surface area (Å²) in [5.41, 5.74) is 27.1. The minimum absolute atomic E-state index is 0.508. The van der Waals surface area contributed by atoms with Crippen LogP contribution in [0.4, 0.5) is 0 Å². The van der Waals surface area contributed by atoms with Crippen molar-refractivity contribution in [2.45, 2.75) is 112 Å². The van der Waals surface area contributed by atoms with Crippen LogP contribution in [-0.4, -0.2) is 103 Å². The highest BCUT2D eigenvalue weighted by molar-refractivity contribution is 5.95. The van der Waals surface area contributed by atoms with Gasteiger partial charge in [0, 0.05) is 82.4 Å². The number of benzene rings is 9. The smallest absolute Gasteiger partial charge is 0.267 e. The van der Waals surface area contributed by atoms with Crippen molar-refractivity contribution in [1.29, 1.82) is 0 Å². The molecule has 0 atom stereocenters. The molecule has 25 heteroatoms. The molecule has 117 heavy (non-hydrogen) atoms. The van der Waals surface area contributed by atoms with Crippen LogP contribution in [0.1, 0.15) is 115 Å². The number of hydrogen-bond acceptors (Lipinski definition) is 15. The molecule has 0 saturated heterocycles. The van der Waals surface area contributed by atoms with Gasteiger partial charge in [0.05, 0.1) is 67.8 Å². The highest BCUT2D eigenvalue weighted by atomic mass is 16.5. The monoisotopic (exact) mass is 1570 g/mol. The van der Waals surface area contributed by atoms with Gasteiger partial charge < -0.3 is 22.8 Å². The molecule has 0 aliphatic carbocycles. The van der Waals surface area contributed by atoms with Gasteiger partial charge in [0.1, 0.15) is 17.5 Å². The van der Waals surface area contributed by atoms with Crippen molar-refractivity contribution in [2.24, 2.45) is 5.92 Å². The van der Waals surface area contributed by atoms with Crippen molar-refractivity contribution in [2.75, 3.05) is 0 Å². The fraction of sp³-hybridized carbons (Fsp3) is 0.196. The zero-order valence-corrected chi connectivity index (χ0v) is 65.9. The topological polar surface area (TPSA) is 336 Å². The van der Waals surface area contributed by atoms with Crippen LogP contribution in [0.25, 0.3) is 85.5 Å². The van der Waals surface area contributed by atoms with Gasteiger partial charge in [-0.05, 0) is 180 Å². The lowest BCUT2D eigenvalue weighted by Gasteiger charge is -2.11. The van der Waals surface area contributed by atoms with E-state index >= 15 is 0 Å². The zero-order valence-electron chi connectivity index (χ0n) is 65.9. The van der Waals surface area contributed by atoms with Crippen molar-refractivity contribution >= 4 is 115 Å². The van der Waals surface area contributed by atoms with Crippen molar-refractivity contribution in [1.82, 2.24) is 75.2 Å². The molecule has 14 rings (SSSR count). The van der Waals surface area contributed by atoms with Gasteiger partial charge in [0.25, 0.3) is 29.5 Å². The van der Waals surface area contributed by atoms with Gasteiger partial charge in [-0.3, -0.25) is 50.0 Å². The number of aryl methyl sites for hydroxylation is 7. The molecular formula is C92H97N15O10. The molecule has 0 aliphatic heterocycles. The number of rotatable bonds is 27. The maximum atomic E-state index is 11.2. The summed E-state index contributed by atoms with van der Waals surface area (Å²) < 4.78 is 11.0. The second kappa shape index (κ2) is 44.0. The normalized spacial score (nSPS) is 11.3. The lowest BCUT2D eigenvalue weighted by Crippen LogP contribution is -2.14. The SMILES string of the molecule is CC(C)Cc1nc2cc(/C=C/C(=O)NO)ccc2n1Cc1ccccc1.CCCn1c(CCc2ccccc2)nc2cc(/C=C/C(=O)NO)ccc21.CCCn1cnc2cc(/C=C/C(=O)NO)ccc21.CCn1c(CCc2ccccc2)nc2cc(/C=C/C(=O)NO)ccc21.O=C(/C=C/c1ccc2c(c1)ncn2Cc1ccccc1)NO. The van der Waals surface area contributed by atoms with Crippen molar-refractivity contribution < 1.29 is 50.0 Å². The minimum atomic E-state index is -0.560. The Morgan fingerprint density at radius 1 is 0.342 bits per heavy atom.